The highest BCUT2D eigenvalue weighted by Gasteiger charge is 2.09. The topological polar surface area (TPSA) is 87.1 Å². The summed E-state index contributed by atoms with van der Waals surface area (Å²) in [6.45, 7) is 2.86. The van der Waals surface area contributed by atoms with Crippen LogP contribution in [0.3, 0.4) is 0 Å². The van der Waals surface area contributed by atoms with Crippen LogP contribution < -0.4 is 5.73 Å². The highest BCUT2D eigenvalue weighted by atomic mass is 16.5. The molecule has 0 aromatic carbocycles. The number of anilines is 1. The monoisotopic (exact) mass is 220 g/mol. The molecule has 2 rings (SSSR count). The van der Waals surface area contributed by atoms with E-state index in [9.17, 15) is 0 Å². The highest BCUT2D eigenvalue weighted by molar-refractivity contribution is 5.57. The van der Waals surface area contributed by atoms with Gasteiger partial charge in [-0.3, -0.25) is 4.98 Å². The lowest BCUT2D eigenvalue weighted by atomic mass is 10.2. The molecule has 0 bridgehead atoms. The van der Waals surface area contributed by atoms with E-state index in [1.54, 1.807) is 18.5 Å². The Hall–Kier alpha value is -1.95. The minimum Gasteiger partial charge on any atom is -0.397 e. The van der Waals surface area contributed by atoms with E-state index in [0.717, 1.165) is 0 Å². The van der Waals surface area contributed by atoms with Crippen molar-refractivity contribution < 1.29 is 9.26 Å². The molecular formula is C10H12N4O2. The van der Waals surface area contributed by atoms with Gasteiger partial charge in [0.2, 0.25) is 0 Å². The van der Waals surface area contributed by atoms with Crippen LogP contribution in [0.25, 0.3) is 11.5 Å². The second-order valence-corrected chi connectivity index (χ2v) is 3.16. The van der Waals surface area contributed by atoms with E-state index in [0.29, 0.717) is 36.2 Å². The molecule has 2 aromatic rings. The van der Waals surface area contributed by atoms with Crippen molar-refractivity contribution in [3.63, 3.8) is 0 Å². The predicted molar refractivity (Wildman–Crippen MR) is 57.3 cm³/mol. The van der Waals surface area contributed by atoms with Crippen molar-refractivity contribution in [1.82, 2.24) is 15.1 Å². The Morgan fingerprint density at radius 3 is 3.06 bits per heavy atom. The van der Waals surface area contributed by atoms with E-state index >= 15 is 0 Å². The molecule has 0 saturated heterocycles. The van der Waals surface area contributed by atoms with Crippen LogP contribution in [0.5, 0.6) is 0 Å². The van der Waals surface area contributed by atoms with Gasteiger partial charge in [0.1, 0.15) is 6.61 Å². The van der Waals surface area contributed by atoms with Crippen molar-refractivity contribution in [3.05, 3.63) is 24.3 Å². The summed E-state index contributed by atoms with van der Waals surface area (Å²) < 4.78 is 10.2. The molecule has 0 fully saturated rings. The zero-order valence-electron chi connectivity index (χ0n) is 8.88. The first kappa shape index (κ1) is 10.6. The third-order valence-corrected chi connectivity index (χ3v) is 1.91. The maximum absolute atomic E-state index is 5.61. The Morgan fingerprint density at radius 1 is 1.44 bits per heavy atom. The normalized spacial score (nSPS) is 10.6. The van der Waals surface area contributed by atoms with E-state index < -0.39 is 0 Å². The maximum Gasteiger partial charge on any atom is 0.259 e. The van der Waals surface area contributed by atoms with Gasteiger partial charge in [-0.05, 0) is 13.0 Å². The molecule has 0 aliphatic heterocycles. The average molecular weight is 220 g/mol. The van der Waals surface area contributed by atoms with Gasteiger partial charge in [0.15, 0.2) is 5.82 Å². The van der Waals surface area contributed by atoms with Gasteiger partial charge in [-0.2, -0.15) is 4.98 Å². The van der Waals surface area contributed by atoms with Crippen LogP contribution in [0.15, 0.2) is 23.0 Å². The zero-order valence-corrected chi connectivity index (χ0v) is 8.88. The summed E-state index contributed by atoms with van der Waals surface area (Å²) in [6.07, 6.45) is 3.18. The second kappa shape index (κ2) is 4.71. The Morgan fingerprint density at radius 2 is 2.31 bits per heavy atom. The quantitative estimate of drug-likeness (QED) is 0.834. The first-order valence-corrected chi connectivity index (χ1v) is 4.91. The molecule has 0 spiro atoms. The number of nitrogens with zero attached hydrogens (tertiary/aromatic N) is 3. The van der Waals surface area contributed by atoms with Gasteiger partial charge in [0.05, 0.1) is 11.3 Å². The molecule has 6 heteroatoms. The minimum atomic E-state index is 0.343. The largest absolute Gasteiger partial charge is 0.397 e. The Labute approximate surface area is 92.4 Å². The van der Waals surface area contributed by atoms with E-state index in [-0.39, 0.29) is 0 Å². The number of rotatable bonds is 4. The summed E-state index contributed by atoms with van der Waals surface area (Å²) in [7, 11) is 0. The van der Waals surface area contributed by atoms with Crippen molar-refractivity contribution >= 4 is 5.69 Å². The average Bonchev–Trinajstić information content (AvgIpc) is 2.75. The summed E-state index contributed by atoms with van der Waals surface area (Å²) in [4.78, 5) is 8.11. The molecule has 0 amide bonds. The molecule has 16 heavy (non-hydrogen) atoms. The first-order chi connectivity index (χ1) is 7.79. The Bertz CT molecular complexity index is 469. The van der Waals surface area contributed by atoms with Crippen molar-refractivity contribution in [2.24, 2.45) is 0 Å². The van der Waals surface area contributed by atoms with E-state index in [4.69, 9.17) is 15.0 Å². The Kier molecular flexibility index (Phi) is 3.11. The van der Waals surface area contributed by atoms with E-state index in [2.05, 4.69) is 15.1 Å². The van der Waals surface area contributed by atoms with Crippen LogP contribution in [0.2, 0.25) is 0 Å². The van der Waals surface area contributed by atoms with Crippen LogP contribution >= 0.6 is 0 Å². The second-order valence-electron chi connectivity index (χ2n) is 3.16. The molecule has 0 aliphatic carbocycles. The standard InChI is InChI=1S/C10H12N4O2/c1-2-15-6-9-13-10(16-14-9)7-3-8(11)5-12-4-7/h3-5H,2,6,11H2,1H3. The lowest BCUT2D eigenvalue weighted by Crippen LogP contribution is -1.93. The molecule has 0 aliphatic rings. The van der Waals surface area contributed by atoms with Gasteiger partial charge in [-0.15, -0.1) is 0 Å². The van der Waals surface area contributed by atoms with Crippen LogP contribution in [0.1, 0.15) is 12.7 Å². The number of pyridine rings is 1. The lowest BCUT2D eigenvalue weighted by Gasteiger charge is -1.94. The van der Waals surface area contributed by atoms with E-state index in [1.165, 1.54) is 0 Å². The maximum atomic E-state index is 5.61. The summed E-state index contributed by atoms with van der Waals surface area (Å²) in [5.74, 6) is 0.911. The fraction of sp³-hybridized carbons (Fsp3) is 0.300. The number of ether oxygens (including phenoxy) is 1. The molecule has 0 atom stereocenters. The fourth-order valence-electron chi connectivity index (χ4n) is 1.20. The summed E-state index contributed by atoms with van der Waals surface area (Å²) >= 11 is 0. The minimum absolute atomic E-state index is 0.343. The van der Waals surface area contributed by atoms with Gasteiger partial charge in [0.25, 0.3) is 5.89 Å². The smallest absolute Gasteiger partial charge is 0.259 e. The lowest BCUT2D eigenvalue weighted by molar-refractivity contribution is 0.126. The third-order valence-electron chi connectivity index (χ3n) is 1.91. The van der Waals surface area contributed by atoms with Crippen molar-refractivity contribution in [3.8, 4) is 11.5 Å². The van der Waals surface area contributed by atoms with Crippen LogP contribution in [-0.4, -0.2) is 21.7 Å². The Balaban J connectivity index is 2.18. The molecule has 2 heterocycles. The summed E-state index contributed by atoms with van der Waals surface area (Å²) in [5.41, 5.74) is 6.87. The van der Waals surface area contributed by atoms with Gasteiger partial charge in [-0.1, -0.05) is 5.16 Å². The molecule has 84 valence electrons. The van der Waals surface area contributed by atoms with Crippen LogP contribution in [-0.2, 0) is 11.3 Å². The van der Waals surface area contributed by atoms with Crippen LogP contribution in [0, 0.1) is 0 Å². The summed E-state index contributed by atoms with van der Waals surface area (Å²) in [5, 5.41) is 3.78. The third kappa shape index (κ3) is 2.34. The SMILES string of the molecule is CCOCc1noc(-c2cncc(N)c2)n1. The number of nitrogens with two attached hydrogens (primary N) is 1. The van der Waals surface area contributed by atoms with Crippen molar-refractivity contribution in [1.29, 1.82) is 0 Å². The molecule has 2 N–H and O–H groups in total. The molecule has 0 saturated carbocycles. The van der Waals surface area contributed by atoms with Gasteiger partial charge < -0.3 is 15.0 Å². The van der Waals surface area contributed by atoms with Crippen molar-refractivity contribution in [2.75, 3.05) is 12.3 Å². The number of aromatic nitrogens is 3. The van der Waals surface area contributed by atoms with Gasteiger partial charge >= 0.3 is 0 Å². The number of hydrogen-bond donors (Lipinski definition) is 1. The zero-order chi connectivity index (χ0) is 11.4. The van der Waals surface area contributed by atoms with E-state index in [1.807, 2.05) is 6.92 Å². The molecular weight excluding hydrogens is 208 g/mol. The van der Waals surface area contributed by atoms with Gasteiger partial charge in [-0.25, -0.2) is 0 Å². The predicted octanol–water partition coefficient (Wildman–Crippen LogP) is 1.25. The molecule has 0 unspecified atom stereocenters. The molecule has 6 nitrogen and oxygen atoms in total. The number of nitrogen functional groups attached to an aromatic ring is 1. The fourth-order valence-corrected chi connectivity index (χ4v) is 1.20. The first-order valence-electron chi connectivity index (χ1n) is 4.91. The number of hydrogen-bond acceptors (Lipinski definition) is 6. The van der Waals surface area contributed by atoms with Crippen molar-refractivity contribution in [2.45, 2.75) is 13.5 Å². The summed E-state index contributed by atoms with van der Waals surface area (Å²) in [6, 6.07) is 1.73. The molecule has 2 aromatic heterocycles. The molecule has 0 radical (unpaired) electrons. The highest BCUT2D eigenvalue weighted by Crippen LogP contribution is 2.18. The van der Waals surface area contributed by atoms with Crippen LogP contribution in [0.4, 0.5) is 5.69 Å². The van der Waals surface area contributed by atoms with Gasteiger partial charge in [0, 0.05) is 19.0 Å².